The summed E-state index contributed by atoms with van der Waals surface area (Å²) in [6, 6.07) is 12.0. The first-order chi connectivity index (χ1) is 21.0. The number of Topliss-reactive ketones (excluding diaryl/α,β-unsaturated/α-hetero) is 1. The Morgan fingerprint density at radius 3 is 2.41 bits per heavy atom. The van der Waals surface area contributed by atoms with Crippen LogP contribution in [-0.2, 0) is 34.0 Å². The molecular formula is C35H50N4O4S. The minimum Gasteiger partial charge on any atom is -0.461 e. The fraction of sp³-hybridized carbons (Fsp3) is 0.629. The van der Waals surface area contributed by atoms with Crippen LogP contribution in [0.25, 0.3) is 0 Å². The number of hydrogen-bond donors (Lipinski definition) is 4. The van der Waals surface area contributed by atoms with Crippen molar-refractivity contribution in [2.75, 3.05) is 12.3 Å². The number of nitrogens with two attached hydrogens (primary N) is 2. The number of nitrogens with zero attached hydrogens (tertiary/aromatic N) is 1. The van der Waals surface area contributed by atoms with Crippen molar-refractivity contribution >= 4 is 23.5 Å². The van der Waals surface area contributed by atoms with E-state index in [2.05, 4.69) is 50.1 Å². The zero-order valence-electron chi connectivity index (χ0n) is 26.7. The summed E-state index contributed by atoms with van der Waals surface area (Å²) < 4.78 is 6.46. The molecule has 1 aromatic carbocycles. The minimum absolute atomic E-state index is 0.0591. The Kier molecular flexibility index (Phi) is 9.93. The summed E-state index contributed by atoms with van der Waals surface area (Å²) in [4.78, 5) is 31.7. The van der Waals surface area contributed by atoms with Crippen LogP contribution in [0.2, 0.25) is 0 Å². The van der Waals surface area contributed by atoms with Gasteiger partial charge in [0.2, 0.25) is 0 Å². The summed E-state index contributed by atoms with van der Waals surface area (Å²) in [7, 11) is 0. The molecule has 6 N–H and O–H groups in total. The molecule has 1 unspecified atom stereocenters. The van der Waals surface area contributed by atoms with Crippen molar-refractivity contribution in [3.8, 4) is 0 Å². The van der Waals surface area contributed by atoms with Gasteiger partial charge in [0.05, 0.1) is 16.9 Å². The summed E-state index contributed by atoms with van der Waals surface area (Å²) in [5.74, 6) is -0.0428. The van der Waals surface area contributed by atoms with Crippen LogP contribution in [0, 0.1) is 34.0 Å². The number of carbonyl (C=O) groups is 2. The van der Waals surface area contributed by atoms with Crippen molar-refractivity contribution in [1.29, 1.82) is 0 Å². The Labute approximate surface area is 266 Å². The van der Waals surface area contributed by atoms with Crippen LogP contribution < -0.4 is 16.8 Å². The average molecular weight is 623 g/mol. The third-order valence-corrected chi connectivity index (χ3v) is 12.6. The van der Waals surface area contributed by atoms with Crippen molar-refractivity contribution in [1.82, 2.24) is 10.3 Å². The molecule has 3 aliphatic carbocycles. The highest BCUT2D eigenvalue weighted by Gasteiger charge is 2.68. The first kappa shape index (κ1) is 33.1. The SMILES string of the molecule is CC1CC[C@@]23CCC(=O)[C@H]2[C@]1(C)[C@H](OC(=O)CSc1ccc(CN)cn1)C[C@](C)(CNCc1ccc(CN)cc1)[C@@H](O)[C@@H]3C. The fourth-order valence-electron chi connectivity index (χ4n) is 8.76. The Bertz CT molecular complexity index is 1320. The molecule has 8 atom stereocenters. The van der Waals surface area contributed by atoms with Gasteiger partial charge in [-0.15, -0.1) is 0 Å². The number of esters is 1. The number of aliphatic hydroxyl groups excluding tert-OH is 1. The van der Waals surface area contributed by atoms with E-state index in [4.69, 9.17) is 16.2 Å². The van der Waals surface area contributed by atoms with Gasteiger partial charge >= 0.3 is 5.97 Å². The van der Waals surface area contributed by atoms with Crippen LogP contribution in [0.15, 0.2) is 47.6 Å². The van der Waals surface area contributed by atoms with Gasteiger partial charge in [0.25, 0.3) is 0 Å². The van der Waals surface area contributed by atoms with Gasteiger partial charge in [-0.25, -0.2) is 4.98 Å². The van der Waals surface area contributed by atoms with Gasteiger partial charge in [-0.1, -0.05) is 69.8 Å². The molecule has 0 spiro atoms. The van der Waals surface area contributed by atoms with Gasteiger partial charge in [0.1, 0.15) is 11.9 Å². The van der Waals surface area contributed by atoms with E-state index in [1.807, 2.05) is 24.3 Å². The number of pyridine rings is 1. The lowest BCUT2D eigenvalue weighted by molar-refractivity contribution is -0.210. The summed E-state index contributed by atoms with van der Waals surface area (Å²) in [6.45, 7) is 10.8. The van der Waals surface area contributed by atoms with E-state index in [1.54, 1.807) is 6.20 Å². The summed E-state index contributed by atoms with van der Waals surface area (Å²) in [5.41, 5.74) is 13.2. The molecule has 0 aliphatic heterocycles. The van der Waals surface area contributed by atoms with Crippen molar-refractivity contribution in [2.24, 2.45) is 45.5 Å². The van der Waals surface area contributed by atoms with E-state index in [0.29, 0.717) is 39.0 Å². The predicted molar refractivity (Wildman–Crippen MR) is 173 cm³/mol. The maximum Gasteiger partial charge on any atom is 0.316 e. The molecule has 8 nitrogen and oxygen atoms in total. The van der Waals surface area contributed by atoms with Crippen molar-refractivity contribution in [3.05, 3.63) is 59.3 Å². The number of rotatable bonds is 10. The smallest absolute Gasteiger partial charge is 0.316 e. The quantitative estimate of drug-likeness (QED) is 0.221. The third kappa shape index (κ3) is 6.10. The standard InChI is InChI=1S/C35H50N4O4S/c1-22-11-13-35-14-12-27(40)31(35)34(22,4)28(43-30(41)20-44-29-10-9-26(17-37)19-39-29)15-33(3,32(42)23(35)2)21-38-18-25-7-5-24(16-36)6-8-25/h5-10,19,22-23,28,31-32,38,42H,11-18,20-21,36-37H2,1-4H3/t22?,23-,28+,31-,32-,33+,34-,35-/m0/s1. The normalized spacial score (nSPS) is 35.1. The molecule has 240 valence electrons. The molecule has 3 fully saturated rings. The second-order valence-corrected chi connectivity index (χ2v) is 15.1. The molecule has 1 aromatic heterocycles. The van der Waals surface area contributed by atoms with Crippen LogP contribution in [0.3, 0.4) is 0 Å². The number of hydrogen-bond acceptors (Lipinski definition) is 9. The molecule has 3 saturated carbocycles. The number of thioether (sulfide) groups is 1. The number of aliphatic hydroxyl groups is 1. The van der Waals surface area contributed by atoms with E-state index in [-0.39, 0.29) is 40.7 Å². The van der Waals surface area contributed by atoms with Crippen LogP contribution in [0.4, 0.5) is 0 Å². The van der Waals surface area contributed by atoms with Crippen LogP contribution in [0.5, 0.6) is 0 Å². The fourth-order valence-corrected chi connectivity index (χ4v) is 9.38. The lowest BCUT2D eigenvalue weighted by Gasteiger charge is -2.62. The van der Waals surface area contributed by atoms with Crippen molar-refractivity contribution in [2.45, 2.75) is 96.7 Å². The molecule has 0 saturated heterocycles. The van der Waals surface area contributed by atoms with Gasteiger partial charge in [0.15, 0.2) is 0 Å². The van der Waals surface area contributed by atoms with Crippen LogP contribution in [-0.4, -0.2) is 46.3 Å². The van der Waals surface area contributed by atoms with E-state index in [9.17, 15) is 14.7 Å². The second kappa shape index (κ2) is 13.2. The molecule has 2 aromatic rings. The Morgan fingerprint density at radius 2 is 1.75 bits per heavy atom. The topological polar surface area (TPSA) is 141 Å². The van der Waals surface area contributed by atoms with Gasteiger partial charge in [-0.2, -0.15) is 0 Å². The number of nitrogens with one attached hydrogen (secondary N) is 1. The lowest BCUT2D eigenvalue weighted by Crippen LogP contribution is -2.64. The zero-order valence-corrected chi connectivity index (χ0v) is 27.5. The van der Waals surface area contributed by atoms with Gasteiger partial charge in [0, 0.05) is 55.5 Å². The molecule has 0 amide bonds. The Morgan fingerprint density at radius 1 is 1.07 bits per heavy atom. The van der Waals surface area contributed by atoms with E-state index >= 15 is 0 Å². The lowest BCUT2D eigenvalue weighted by atomic mass is 9.44. The molecular weight excluding hydrogens is 572 g/mol. The van der Waals surface area contributed by atoms with E-state index < -0.39 is 23.0 Å². The summed E-state index contributed by atoms with van der Waals surface area (Å²) in [6.07, 6.45) is 4.20. The first-order valence-corrected chi connectivity index (χ1v) is 17.1. The molecule has 1 heterocycles. The number of benzene rings is 1. The molecule has 3 aliphatic rings. The summed E-state index contributed by atoms with van der Waals surface area (Å²) in [5, 5.41) is 16.5. The van der Waals surface area contributed by atoms with E-state index in [1.165, 1.54) is 11.8 Å². The number of ketones is 1. The number of ether oxygens (including phenoxy) is 1. The first-order valence-electron chi connectivity index (χ1n) is 16.1. The zero-order chi connectivity index (χ0) is 31.7. The highest BCUT2D eigenvalue weighted by Crippen LogP contribution is 2.67. The average Bonchev–Trinajstić information content (AvgIpc) is 3.39. The van der Waals surface area contributed by atoms with Crippen molar-refractivity contribution in [3.63, 3.8) is 0 Å². The van der Waals surface area contributed by atoms with E-state index in [0.717, 1.165) is 41.0 Å². The summed E-state index contributed by atoms with van der Waals surface area (Å²) >= 11 is 1.34. The number of aromatic nitrogens is 1. The van der Waals surface area contributed by atoms with Gasteiger partial charge in [-0.05, 0) is 65.7 Å². The molecule has 2 bridgehead atoms. The Hall–Kier alpha value is -2.30. The highest BCUT2D eigenvalue weighted by molar-refractivity contribution is 7.99. The van der Waals surface area contributed by atoms with Crippen LogP contribution >= 0.6 is 11.8 Å². The maximum atomic E-state index is 13.8. The molecule has 44 heavy (non-hydrogen) atoms. The maximum absolute atomic E-state index is 13.8. The Balaban J connectivity index is 1.42. The van der Waals surface area contributed by atoms with Crippen molar-refractivity contribution < 1.29 is 19.4 Å². The number of carbonyl (C=O) groups excluding carboxylic acids is 2. The van der Waals surface area contributed by atoms with Gasteiger partial charge in [-0.3, -0.25) is 9.59 Å². The van der Waals surface area contributed by atoms with Crippen LogP contribution in [0.1, 0.15) is 76.5 Å². The third-order valence-electron chi connectivity index (χ3n) is 11.7. The molecule has 9 heteroatoms. The molecule has 5 rings (SSSR count). The highest BCUT2D eigenvalue weighted by atomic mass is 32.2. The van der Waals surface area contributed by atoms with Gasteiger partial charge < -0.3 is 26.6 Å². The largest absolute Gasteiger partial charge is 0.461 e. The molecule has 0 radical (unpaired) electrons. The predicted octanol–water partition coefficient (Wildman–Crippen LogP) is 4.60. The monoisotopic (exact) mass is 622 g/mol. The second-order valence-electron chi connectivity index (χ2n) is 14.1. The minimum atomic E-state index is -0.665.